The van der Waals surface area contributed by atoms with E-state index < -0.39 is 10.0 Å². The van der Waals surface area contributed by atoms with E-state index in [1.807, 2.05) is 6.07 Å². The number of sulfonamides is 1. The van der Waals surface area contributed by atoms with E-state index in [-0.39, 0.29) is 10.8 Å². The standard InChI is InChI=1S/C19H15N3O3S/c1-22(26(23,24)18-7-3-2-4-8-18)16-9-11-17(12-10-16)25-19-15(14-20)6-5-13-21-19/h2-13H,1H3. The summed E-state index contributed by atoms with van der Waals surface area (Å²) in [5.74, 6) is 0.655. The molecule has 0 aliphatic carbocycles. The molecule has 3 rings (SSSR count). The summed E-state index contributed by atoms with van der Waals surface area (Å²) >= 11 is 0. The molecule has 0 saturated heterocycles. The molecule has 0 atom stereocenters. The first-order valence-electron chi connectivity index (χ1n) is 7.69. The number of rotatable bonds is 5. The van der Waals surface area contributed by atoms with Crippen LogP contribution in [0.25, 0.3) is 0 Å². The highest BCUT2D eigenvalue weighted by atomic mass is 32.2. The lowest BCUT2D eigenvalue weighted by Gasteiger charge is -2.19. The minimum absolute atomic E-state index is 0.202. The Bertz CT molecular complexity index is 1040. The molecular weight excluding hydrogens is 350 g/mol. The van der Waals surface area contributed by atoms with Gasteiger partial charge in [-0.1, -0.05) is 18.2 Å². The zero-order chi connectivity index (χ0) is 18.6. The summed E-state index contributed by atoms with van der Waals surface area (Å²) < 4.78 is 32.1. The Hall–Kier alpha value is -3.37. The number of hydrogen-bond acceptors (Lipinski definition) is 5. The smallest absolute Gasteiger partial charge is 0.264 e. The van der Waals surface area contributed by atoms with Crippen molar-refractivity contribution in [3.05, 3.63) is 78.5 Å². The van der Waals surface area contributed by atoms with Gasteiger partial charge in [0.15, 0.2) is 0 Å². The number of ether oxygens (including phenoxy) is 1. The van der Waals surface area contributed by atoms with Crippen LogP contribution in [0.2, 0.25) is 0 Å². The molecule has 3 aromatic rings. The first-order valence-corrected chi connectivity index (χ1v) is 9.13. The van der Waals surface area contributed by atoms with E-state index in [0.717, 1.165) is 0 Å². The quantitative estimate of drug-likeness (QED) is 0.690. The van der Waals surface area contributed by atoms with Crippen molar-refractivity contribution in [2.45, 2.75) is 4.90 Å². The van der Waals surface area contributed by atoms with Crippen molar-refractivity contribution in [2.24, 2.45) is 0 Å². The average molecular weight is 365 g/mol. The Morgan fingerprint density at radius 1 is 1.00 bits per heavy atom. The van der Waals surface area contributed by atoms with Gasteiger partial charge in [-0.15, -0.1) is 0 Å². The molecule has 2 aromatic carbocycles. The Morgan fingerprint density at radius 2 is 1.69 bits per heavy atom. The van der Waals surface area contributed by atoms with Crippen molar-refractivity contribution in [1.82, 2.24) is 4.98 Å². The summed E-state index contributed by atoms with van der Waals surface area (Å²) in [5.41, 5.74) is 0.808. The molecule has 7 heteroatoms. The molecule has 130 valence electrons. The van der Waals surface area contributed by atoms with Gasteiger partial charge in [-0.05, 0) is 48.5 Å². The van der Waals surface area contributed by atoms with Crippen LogP contribution in [0.3, 0.4) is 0 Å². The fourth-order valence-corrected chi connectivity index (χ4v) is 3.50. The molecule has 0 N–H and O–H groups in total. The van der Waals surface area contributed by atoms with E-state index in [9.17, 15) is 8.42 Å². The molecule has 6 nitrogen and oxygen atoms in total. The van der Waals surface area contributed by atoms with Crippen molar-refractivity contribution in [3.8, 4) is 17.7 Å². The molecule has 0 spiro atoms. The first-order chi connectivity index (χ1) is 12.5. The van der Waals surface area contributed by atoms with Gasteiger partial charge in [-0.3, -0.25) is 4.31 Å². The molecule has 0 aliphatic heterocycles. The molecule has 0 amide bonds. The minimum atomic E-state index is -3.64. The largest absolute Gasteiger partial charge is 0.438 e. The van der Waals surface area contributed by atoms with Gasteiger partial charge in [-0.25, -0.2) is 13.4 Å². The first kappa shape index (κ1) is 17.5. The van der Waals surface area contributed by atoms with Gasteiger partial charge in [0.1, 0.15) is 17.4 Å². The summed E-state index contributed by atoms with van der Waals surface area (Å²) in [7, 11) is -2.15. The van der Waals surface area contributed by atoms with E-state index in [4.69, 9.17) is 10.00 Å². The van der Waals surface area contributed by atoms with Crippen LogP contribution in [0.5, 0.6) is 11.6 Å². The second kappa shape index (κ2) is 7.25. The summed E-state index contributed by atoms with van der Waals surface area (Å²) in [6.07, 6.45) is 1.53. The van der Waals surface area contributed by atoms with Gasteiger partial charge >= 0.3 is 0 Å². The van der Waals surface area contributed by atoms with E-state index >= 15 is 0 Å². The molecule has 0 bridgehead atoms. The highest BCUT2D eigenvalue weighted by Crippen LogP contribution is 2.27. The third-order valence-electron chi connectivity index (χ3n) is 3.71. The molecular formula is C19H15N3O3S. The highest BCUT2D eigenvalue weighted by Gasteiger charge is 2.20. The fraction of sp³-hybridized carbons (Fsp3) is 0.0526. The number of aromatic nitrogens is 1. The normalized spacial score (nSPS) is 10.8. The lowest BCUT2D eigenvalue weighted by molar-refractivity contribution is 0.461. The van der Waals surface area contributed by atoms with Gasteiger partial charge in [0.25, 0.3) is 10.0 Å². The summed E-state index contributed by atoms with van der Waals surface area (Å²) in [6, 6.07) is 20.0. The van der Waals surface area contributed by atoms with Gasteiger partial charge < -0.3 is 4.74 Å². The second-order valence-corrected chi connectivity index (χ2v) is 7.32. The third-order valence-corrected chi connectivity index (χ3v) is 5.51. The summed E-state index contributed by atoms with van der Waals surface area (Å²) in [4.78, 5) is 4.25. The molecule has 0 unspecified atom stereocenters. The van der Waals surface area contributed by atoms with Crippen molar-refractivity contribution in [1.29, 1.82) is 5.26 Å². The number of benzene rings is 2. The number of nitrogens with zero attached hydrogens (tertiary/aromatic N) is 3. The Labute approximate surface area is 152 Å². The number of pyridine rings is 1. The van der Waals surface area contributed by atoms with Gasteiger partial charge in [0.2, 0.25) is 5.88 Å². The van der Waals surface area contributed by atoms with Crippen LogP contribution in [0.15, 0.2) is 77.8 Å². The number of nitriles is 1. The van der Waals surface area contributed by atoms with Gasteiger partial charge in [0, 0.05) is 13.2 Å². The predicted octanol–water partition coefficient (Wildman–Crippen LogP) is 3.57. The van der Waals surface area contributed by atoms with E-state index in [0.29, 0.717) is 17.0 Å². The SMILES string of the molecule is CN(c1ccc(Oc2ncccc2C#N)cc1)S(=O)(=O)c1ccccc1. The molecule has 0 saturated carbocycles. The minimum Gasteiger partial charge on any atom is -0.438 e. The Morgan fingerprint density at radius 3 is 2.35 bits per heavy atom. The zero-order valence-electron chi connectivity index (χ0n) is 13.9. The van der Waals surface area contributed by atoms with Crippen LogP contribution >= 0.6 is 0 Å². The lowest BCUT2D eigenvalue weighted by Crippen LogP contribution is -2.26. The van der Waals surface area contributed by atoms with Crippen molar-refractivity contribution in [3.63, 3.8) is 0 Å². The molecule has 0 radical (unpaired) electrons. The molecule has 0 aliphatic rings. The van der Waals surface area contributed by atoms with Crippen LogP contribution in [0.1, 0.15) is 5.56 Å². The van der Waals surface area contributed by atoms with Crippen LogP contribution in [-0.2, 0) is 10.0 Å². The Kier molecular flexibility index (Phi) is 4.87. The van der Waals surface area contributed by atoms with Crippen molar-refractivity contribution in [2.75, 3.05) is 11.4 Å². The predicted molar refractivity (Wildman–Crippen MR) is 97.5 cm³/mol. The van der Waals surface area contributed by atoms with Crippen LogP contribution in [-0.4, -0.2) is 20.4 Å². The maximum Gasteiger partial charge on any atom is 0.264 e. The van der Waals surface area contributed by atoms with E-state index in [1.54, 1.807) is 66.7 Å². The second-order valence-electron chi connectivity index (χ2n) is 5.35. The topological polar surface area (TPSA) is 83.3 Å². The lowest BCUT2D eigenvalue weighted by atomic mass is 10.3. The molecule has 0 fully saturated rings. The van der Waals surface area contributed by atoms with E-state index in [1.165, 1.54) is 17.5 Å². The van der Waals surface area contributed by atoms with Gasteiger partial charge in [0.05, 0.1) is 10.6 Å². The Balaban J connectivity index is 1.83. The number of hydrogen-bond donors (Lipinski definition) is 0. The van der Waals surface area contributed by atoms with E-state index in [2.05, 4.69) is 4.98 Å². The van der Waals surface area contributed by atoms with Crippen LogP contribution in [0.4, 0.5) is 5.69 Å². The summed E-state index contributed by atoms with van der Waals surface area (Å²) in [5, 5.41) is 9.07. The van der Waals surface area contributed by atoms with Crippen LogP contribution < -0.4 is 9.04 Å². The number of anilines is 1. The van der Waals surface area contributed by atoms with Gasteiger partial charge in [-0.2, -0.15) is 5.26 Å². The molecule has 26 heavy (non-hydrogen) atoms. The maximum absolute atomic E-state index is 12.6. The van der Waals surface area contributed by atoms with Crippen molar-refractivity contribution < 1.29 is 13.2 Å². The van der Waals surface area contributed by atoms with Crippen molar-refractivity contribution >= 4 is 15.7 Å². The maximum atomic E-state index is 12.6. The fourth-order valence-electron chi connectivity index (χ4n) is 2.28. The highest BCUT2D eigenvalue weighted by molar-refractivity contribution is 7.92. The average Bonchev–Trinajstić information content (AvgIpc) is 2.69. The van der Waals surface area contributed by atoms with Crippen LogP contribution in [0, 0.1) is 11.3 Å². The molecule has 1 aromatic heterocycles. The summed E-state index contributed by atoms with van der Waals surface area (Å²) in [6.45, 7) is 0. The zero-order valence-corrected chi connectivity index (χ0v) is 14.7. The monoisotopic (exact) mass is 365 g/mol. The third kappa shape index (κ3) is 3.50. The molecule has 1 heterocycles.